The van der Waals surface area contributed by atoms with Gasteiger partial charge in [0.25, 0.3) is 0 Å². The molecule has 0 aromatic heterocycles. The van der Waals surface area contributed by atoms with E-state index in [9.17, 15) is 43.2 Å². The van der Waals surface area contributed by atoms with E-state index in [-0.39, 0.29) is 76.4 Å². The molecule has 0 radical (unpaired) electrons. The van der Waals surface area contributed by atoms with Crippen molar-refractivity contribution in [2.45, 2.75) is 151 Å². The number of amides is 10. The molecular weight excluding hydrogens is 1070 g/mol. The maximum Gasteiger partial charge on any atom is 0.246 e. The second kappa shape index (κ2) is 32.4. The number of nitrogens with one attached hydrogen (secondary N) is 8. The Hall–Kier alpha value is -6.93. The van der Waals surface area contributed by atoms with E-state index in [0.29, 0.717) is 31.2 Å². The summed E-state index contributed by atoms with van der Waals surface area (Å²) >= 11 is 0. The van der Waals surface area contributed by atoms with E-state index in [2.05, 4.69) is 47.5 Å². The lowest BCUT2D eigenvalue weighted by atomic mass is 9.85. The van der Waals surface area contributed by atoms with Crippen LogP contribution in [0.15, 0.2) is 65.7 Å². The molecule has 3 fully saturated rings. The van der Waals surface area contributed by atoms with Crippen molar-refractivity contribution in [2.24, 2.45) is 33.8 Å². The van der Waals surface area contributed by atoms with Gasteiger partial charge in [-0.2, -0.15) is 0 Å². The summed E-state index contributed by atoms with van der Waals surface area (Å²) in [4.78, 5) is 146. The van der Waals surface area contributed by atoms with E-state index in [1.807, 2.05) is 30.3 Å². The highest BCUT2D eigenvalue weighted by Crippen LogP contribution is 2.48. The smallest absolute Gasteiger partial charge is 0.246 e. The number of rotatable bonds is 20. The summed E-state index contributed by atoms with van der Waals surface area (Å²) in [5.41, 5.74) is 23.6. The normalized spacial score (nSPS) is 23.1. The highest BCUT2D eigenvalue weighted by Gasteiger charge is 2.42. The number of carbonyl (C=O) groups excluding carboxylic acids is 10. The molecule has 0 bridgehead atoms. The molecule has 80 heavy (non-hydrogen) atoms. The van der Waals surface area contributed by atoms with E-state index >= 15 is 4.79 Å². The van der Waals surface area contributed by atoms with Gasteiger partial charge in [0.05, 0.1) is 13.0 Å². The summed E-state index contributed by atoms with van der Waals surface area (Å²) in [5, 5.41) is 21.9. The van der Waals surface area contributed by atoms with Crippen LogP contribution >= 0.6 is 21.6 Å². The minimum absolute atomic E-state index is 0.00452. The average molecular weight is 1150 g/mol. The van der Waals surface area contributed by atoms with Crippen LogP contribution in [-0.2, 0) is 60.8 Å². The topological polar surface area (TPSA) is 387 Å². The zero-order valence-electron chi connectivity index (χ0n) is 45.6. The van der Waals surface area contributed by atoms with Crippen molar-refractivity contribution in [3.63, 3.8) is 0 Å². The van der Waals surface area contributed by atoms with E-state index < -0.39 is 125 Å². The van der Waals surface area contributed by atoms with Crippen LogP contribution in [0.5, 0.6) is 0 Å². The molecule has 26 heteroatoms. The number of aliphatic imine (C=N–C) groups is 1. The van der Waals surface area contributed by atoms with Crippen LogP contribution in [0.1, 0.15) is 102 Å². The maximum atomic E-state index is 15.0. The first-order valence-corrected chi connectivity index (χ1v) is 29.7. The lowest BCUT2D eigenvalue weighted by Gasteiger charge is -2.37. The number of hydrogen-bond acceptors (Lipinski definition) is 14. The predicted molar refractivity (Wildman–Crippen MR) is 305 cm³/mol. The van der Waals surface area contributed by atoms with Crippen molar-refractivity contribution < 1.29 is 47.9 Å². The number of benzene rings is 2. The quantitative estimate of drug-likeness (QED) is 0.0328. The molecule has 1 saturated carbocycles. The minimum Gasteiger partial charge on any atom is -0.370 e. The Morgan fingerprint density at radius 1 is 0.775 bits per heavy atom. The summed E-state index contributed by atoms with van der Waals surface area (Å²) in [6.45, 7) is 3.66. The van der Waals surface area contributed by atoms with Gasteiger partial charge in [-0.25, -0.2) is 0 Å². The standard InChI is InChI=1S/C54H80N14O10S2/c1-3-33(2)45-51(77)65-39(29-42(56)69)48(74)66-40(52(78)68-26-14-20-41(68)50(76)63-36(19-13-24-60-53(57)58)46(72)61-31-44(71)59-25-23-55)32-79-80-54(21-11-6-12-22-54)30-43(70)62-37(27-34-15-7-4-8-16-34)47(73)64-38(49(75)67-45)28-35-17-9-5-10-18-35/h4-5,7-10,15-18,33,36-41,45H,3,6,11-14,19-32,55H2,1-2H3,(H2,56,69)(H,59,71)(H,61,72)(H,62,70)(H,63,76)(H,64,73)(H,65,77)(H,66,74)(H,67,75)(H4,57,58,60)/t33-,36-,37+,38-,39-,40-,41-,45-/m0/s1. The van der Waals surface area contributed by atoms with Crippen LogP contribution in [-0.4, -0.2) is 155 Å². The molecule has 5 rings (SSSR count). The van der Waals surface area contributed by atoms with Gasteiger partial charge in [-0.15, -0.1) is 0 Å². The first kappa shape index (κ1) is 63.9. The number of carbonyl (C=O) groups is 10. The number of primary amides is 1. The van der Waals surface area contributed by atoms with Crippen molar-refractivity contribution in [2.75, 3.05) is 38.5 Å². The molecule has 2 aromatic rings. The van der Waals surface area contributed by atoms with Crippen LogP contribution < -0.4 is 65.5 Å². The van der Waals surface area contributed by atoms with Crippen molar-refractivity contribution in [1.29, 1.82) is 0 Å². The van der Waals surface area contributed by atoms with Gasteiger partial charge in [0.1, 0.15) is 42.3 Å². The molecule has 10 amide bonds. The summed E-state index contributed by atoms with van der Waals surface area (Å²) in [5.74, 6) is -7.93. The third-order valence-corrected chi connectivity index (χ3v) is 17.6. The number of guanidine groups is 1. The Balaban J connectivity index is 1.51. The molecule has 3 aliphatic rings. The highest BCUT2D eigenvalue weighted by molar-refractivity contribution is 8.77. The Kier molecular flexibility index (Phi) is 25.8. The maximum absolute atomic E-state index is 15.0. The third kappa shape index (κ3) is 20.3. The molecule has 2 heterocycles. The van der Waals surface area contributed by atoms with Gasteiger partial charge in [0, 0.05) is 55.9 Å². The second-order valence-electron chi connectivity index (χ2n) is 20.6. The highest BCUT2D eigenvalue weighted by atomic mass is 33.1. The Bertz CT molecular complexity index is 2480. The number of nitrogens with zero attached hydrogens (tertiary/aromatic N) is 2. The van der Waals surface area contributed by atoms with Gasteiger partial charge in [-0.1, -0.05) is 122 Å². The van der Waals surface area contributed by atoms with Crippen LogP contribution in [0.2, 0.25) is 0 Å². The summed E-state index contributed by atoms with van der Waals surface area (Å²) in [6, 6.07) is 9.02. The van der Waals surface area contributed by atoms with E-state index in [1.54, 1.807) is 44.2 Å². The fraction of sp³-hybridized carbons (Fsp3) is 0.574. The average Bonchev–Trinajstić information content (AvgIpc) is 3.94. The lowest BCUT2D eigenvalue weighted by Crippen LogP contribution is -2.62. The van der Waals surface area contributed by atoms with Gasteiger partial charge in [-0.05, 0) is 55.6 Å². The molecule has 24 nitrogen and oxygen atoms in total. The molecule has 438 valence electrons. The molecular formula is C54H80N14O10S2. The number of likely N-dealkylation sites (tertiary alicyclic amines) is 1. The zero-order chi connectivity index (χ0) is 58.2. The summed E-state index contributed by atoms with van der Waals surface area (Å²) < 4.78 is -0.694. The monoisotopic (exact) mass is 1150 g/mol. The van der Waals surface area contributed by atoms with Gasteiger partial charge in [-0.3, -0.25) is 52.9 Å². The fourth-order valence-electron chi connectivity index (χ4n) is 9.82. The van der Waals surface area contributed by atoms with Crippen LogP contribution in [0.3, 0.4) is 0 Å². The van der Waals surface area contributed by atoms with Crippen molar-refractivity contribution >= 4 is 86.6 Å². The fourth-order valence-corrected chi connectivity index (χ4v) is 13.2. The molecule has 2 saturated heterocycles. The Labute approximate surface area is 474 Å². The van der Waals surface area contributed by atoms with Crippen molar-refractivity contribution in [1.82, 2.24) is 47.4 Å². The molecule has 2 aliphatic heterocycles. The largest absolute Gasteiger partial charge is 0.370 e. The van der Waals surface area contributed by atoms with Crippen LogP contribution in [0.25, 0.3) is 0 Å². The second-order valence-corrected chi connectivity index (χ2v) is 23.4. The SMILES string of the molecule is CC[C@H](C)[C@@H]1NC(=O)[C@H](Cc2ccccc2)NC(=O)[C@@H](Cc2ccccc2)NC(=O)CC2(CCCCC2)SSC[C@@H](C(=O)N2CCC[C@H]2C(=O)N[C@@H](CCCN=C(N)N)C(=O)NCC(=O)NCCN)NC(=O)[C@H](CC(N)=O)NC1=O. The summed E-state index contributed by atoms with van der Waals surface area (Å²) in [6.07, 6.45) is 4.29. The first-order valence-electron chi connectivity index (χ1n) is 27.4. The van der Waals surface area contributed by atoms with Crippen molar-refractivity contribution in [3.8, 4) is 0 Å². The lowest BCUT2D eigenvalue weighted by molar-refractivity contribution is -0.142. The van der Waals surface area contributed by atoms with Gasteiger partial charge >= 0.3 is 0 Å². The van der Waals surface area contributed by atoms with E-state index in [0.717, 1.165) is 24.8 Å². The molecule has 2 aromatic carbocycles. The van der Waals surface area contributed by atoms with Crippen LogP contribution in [0, 0.1) is 5.92 Å². The molecule has 8 atom stereocenters. The molecule has 1 spiro atoms. The predicted octanol–water partition coefficient (Wildman–Crippen LogP) is -0.974. The van der Waals surface area contributed by atoms with E-state index in [1.165, 1.54) is 26.5 Å². The van der Waals surface area contributed by atoms with E-state index in [4.69, 9.17) is 22.9 Å². The van der Waals surface area contributed by atoms with Crippen molar-refractivity contribution in [3.05, 3.63) is 71.8 Å². The van der Waals surface area contributed by atoms with Gasteiger partial charge in [0.15, 0.2) is 5.96 Å². The molecule has 16 N–H and O–H groups in total. The Morgan fingerprint density at radius 3 is 2.00 bits per heavy atom. The molecule has 1 aliphatic carbocycles. The Morgan fingerprint density at radius 2 is 1.39 bits per heavy atom. The van der Waals surface area contributed by atoms with Gasteiger partial charge in [0.2, 0.25) is 59.1 Å². The van der Waals surface area contributed by atoms with Gasteiger partial charge < -0.3 is 70.4 Å². The minimum atomic E-state index is -1.65. The number of hydrogen-bond donors (Lipinski definition) is 12. The first-order chi connectivity index (χ1) is 38.3. The molecule has 0 unspecified atom stereocenters. The third-order valence-electron chi connectivity index (χ3n) is 14.3. The zero-order valence-corrected chi connectivity index (χ0v) is 47.3. The summed E-state index contributed by atoms with van der Waals surface area (Å²) in [7, 11) is 2.62. The number of nitrogens with two attached hydrogens (primary N) is 4. The van der Waals surface area contributed by atoms with Crippen LogP contribution in [0.4, 0.5) is 0 Å².